The van der Waals surface area contributed by atoms with Crippen LogP contribution in [0.25, 0.3) is 11.3 Å². The summed E-state index contributed by atoms with van der Waals surface area (Å²) in [6.07, 6.45) is 1.87. The van der Waals surface area contributed by atoms with Crippen LogP contribution in [0.5, 0.6) is 0 Å². The zero-order chi connectivity index (χ0) is 20.3. The predicted octanol–water partition coefficient (Wildman–Crippen LogP) is 3.65. The number of nitrogens with one attached hydrogen (secondary N) is 1. The fourth-order valence-corrected chi connectivity index (χ4v) is 5.76. The highest BCUT2D eigenvalue weighted by molar-refractivity contribution is 7.89. The van der Waals surface area contributed by atoms with Crippen LogP contribution in [-0.2, 0) is 14.8 Å². The predicted molar refractivity (Wildman–Crippen MR) is 109 cm³/mol. The number of halogens is 1. The van der Waals surface area contributed by atoms with Crippen molar-refractivity contribution in [2.75, 3.05) is 24.2 Å². The molecule has 152 valence electrons. The molecule has 2 heterocycles. The van der Waals surface area contributed by atoms with E-state index in [4.69, 9.17) is 0 Å². The number of thiazole rings is 1. The Labute approximate surface area is 168 Å². The fourth-order valence-electron chi connectivity index (χ4n) is 3.33. The lowest BCUT2D eigenvalue weighted by Gasteiger charge is -2.30. The quantitative estimate of drug-likeness (QED) is 0.766. The Hall–Kier alpha value is -1.84. The summed E-state index contributed by atoms with van der Waals surface area (Å²) in [7, 11) is -3.31. The number of aryl methyl sites for hydroxylation is 1. The summed E-state index contributed by atoms with van der Waals surface area (Å²) in [5, 5.41) is 3.30. The fraction of sp³-hybridized carbons (Fsp3) is 0.474. The van der Waals surface area contributed by atoms with Crippen molar-refractivity contribution in [3.8, 4) is 11.3 Å². The second-order valence-electron chi connectivity index (χ2n) is 6.93. The summed E-state index contributed by atoms with van der Waals surface area (Å²) in [5.74, 6) is -0.812. The molecule has 6 nitrogen and oxygen atoms in total. The lowest BCUT2D eigenvalue weighted by atomic mass is 9.99. The highest BCUT2D eigenvalue weighted by Crippen LogP contribution is 2.31. The number of hydrogen-bond acceptors (Lipinski definition) is 5. The Bertz CT molecular complexity index is 942. The third kappa shape index (κ3) is 4.76. The molecule has 1 saturated heterocycles. The van der Waals surface area contributed by atoms with E-state index >= 15 is 0 Å². The van der Waals surface area contributed by atoms with E-state index in [1.807, 2.05) is 13.8 Å². The number of nitrogens with zero attached hydrogens (tertiary/aromatic N) is 2. The van der Waals surface area contributed by atoms with E-state index in [1.165, 1.54) is 27.8 Å². The molecule has 1 unspecified atom stereocenters. The second-order valence-corrected chi connectivity index (χ2v) is 10.2. The molecule has 0 radical (unpaired) electrons. The maximum absolute atomic E-state index is 13.1. The Morgan fingerprint density at radius 2 is 2.07 bits per heavy atom. The van der Waals surface area contributed by atoms with E-state index in [2.05, 4.69) is 10.3 Å². The molecule has 28 heavy (non-hydrogen) atoms. The van der Waals surface area contributed by atoms with E-state index in [9.17, 15) is 17.6 Å². The molecule has 0 saturated carbocycles. The third-order valence-electron chi connectivity index (χ3n) is 4.75. The first-order valence-electron chi connectivity index (χ1n) is 9.32. The summed E-state index contributed by atoms with van der Waals surface area (Å²) in [6, 6.07) is 6.06. The summed E-state index contributed by atoms with van der Waals surface area (Å²) in [6.45, 7) is 4.40. The van der Waals surface area contributed by atoms with Gasteiger partial charge < -0.3 is 5.32 Å². The molecule has 0 spiro atoms. The normalized spacial score (nSPS) is 18.2. The maximum atomic E-state index is 13.1. The molecular weight excluding hydrogens is 401 g/mol. The Balaban J connectivity index is 1.69. The SMILES string of the molecule is CCCS(=O)(=O)N1CCCC(C(=O)Nc2nc(-c3ccc(F)cc3)c(C)s2)C1. The standard InChI is InChI=1S/C19H24FN3O3S2/c1-3-11-28(25,26)23-10-4-5-15(12-23)18(24)22-19-21-17(13(2)27-19)14-6-8-16(20)9-7-14/h6-9,15H,3-5,10-12H2,1-2H3,(H,21,22,24). The van der Waals surface area contributed by atoms with Crippen LogP contribution in [0.15, 0.2) is 24.3 Å². The molecule has 1 amide bonds. The zero-order valence-electron chi connectivity index (χ0n) is 15.9. The number of anilines is 1. The van der Waals surface area contributed by atoms with Crippen molar-refractivity contribution in [2.24, 2.45) is 5.92 Å². The molecule has 1 aromatic heterocycles. The Kier molecular flexibility index (Phi) is 6.47. The van der Waals surface area contributed by atoms with Crippen LogP contribution < -0.4 is 5.32 Å². The first-order chi connectivity index (χ1) is 13.3. The number of carbonyl (C=O) groups is 1. The molecule has 1 aliphatic rings. The Morgan fingerprint density at radius 1 is 1.36 bits per heavy atom. The van der Waals surface area contributed by atoms with Gasteiger partial charge >= 0.3 is 0 Å². The molecule has 0 aliphatic carbocycles. The minimum absolute atomic E-state index is 0.105. The number of benzene rings is 1. The number of aromatic nitrogens is 1. The van der Waals surface area contributed by atoms with E-state index in [1.54, 1.807) is 12.1 Å². The van der Waals surface area contributed by atoms with Gasteiger partial charge in [0.1, 0.15) is 5.82 Å². The van der Waals surface area contributed by atoms with Gasteiger partial charge in [0, 0.05) is 23.5 Å². The van der Waals surface area contributed by atoms with Gasteiger partial charge in [0.05, 0.1) is 17.4 Å². The largest absolute Gasteiger partial charge is 0.302 e. The zero-order valence-corrected chi connectivity index (χ0v) is 17.6. The van der Waals surface area contributed by atoms with Crippen molar-refractivity contribution in [3.63, 3.8) is 0 Å². The molecule has 1 atom stereocenters. The number of piperidine rings is 1. The van der Waals surface area contributed by atoms with Crippen molar-refractivity contribution < 1.29 is 17.6 Å². The van der Waals surface area contributed by atoms with Gasteiger partial charge in [-0.2, -0.15) is 0 Å². The average Bonchev–Trinajstić information content (AvgIpc) is 3.02. The van der Waals surface area contributed by atoms with Crippen molar-refractivity contribution in [3.05, 3.63) is 35.0 Å². The smallest absolute Gasteiger partial charge is 0.230 e. The molecular formula is C19H24FN3O3S2. The van der Waals surface area contributed by atoms with Gasteiger partial charge in [-0.3, -0.25) is 4.79 Å². The monoisotopic (exact) mass is 425 g/mol. The average molecular weight is 426 g/mol. The molecule has 1 aliphatic heterocycles. The van der Waals surface area contributed by atoms with Gasteiger partial charge in [-0.05, 0) is 50.5 Å². The Morgan fingerprint density at radius 3 is 2.75 bits per heavy atom. The molecule has 3 rings (SSSR count). The highest BCUT2D eigenvalue weighted by atomic mass is 32.2. The molecule has 1 aromatic carbocycles. The highest BCUT2D eigenvalue weighted by Gasteiger charge is 2.32. The molecule has 9 heteroatoms. The third-order valence-corrected chi connectivity index (χ3v) is 7.68. The summed E-state index contributed by atoms with van der Waals surface area (Å²) in [4.78, 5) is 18.1. The van der Waals surface area contributed by atoms with Gasteiger partial charge in [0.2, 0.25) is 15.9 Å². The van der Waals surface area contributed by atoms with Crippen LogP contribution in [-0.4, -0.2) is 42.5 Å². The minimum Gasteiger partial charge on any atom is -0.302 e. The van der Waals surface area contributed by atoms with Crippen molar-refractivity contribution in [1.82, 2.24) is 9.29 Å². The number of rotatable bonds is 6. The van der Waals surface area contributed by atoms with Crippen molar-refractivity contribution in [2.45, 2.75) is 33.1 Å². The van der Waals surface area contributed by atoms with E-state index in [0.717, 1.165) is 10.4 Å². The van der Waals surface area contributed by atoms with Gasteiger partial charge in [0.15, 0.2) is 5.13 Å². The molecule has 0 bridgehead atoms. The molecule has 2 aromatic rings. The van der Waals surface area contributed by atoms with Crippen molar-refractivity contribution >= 4 is 32.4 Å². The number of carbonyl (C=O) groups excluding carboxylic acids is 1. The van der Waals surface area contributed by atoms with Crippen LogP contribution in [0.1, 0.15) is 31.1 Å². The summed E-state index contributed by atoms with van der Waals surface area (Å²) < 4.78 is 39.2. The first kappa shape index (κ1) is 20.9. The molecule has 1 fully saturated rings. The lowest BCUT2D eigenvalue weighted by molar-refractivity contribution is -0.120. The van der Waals surface area contributed by atoms with E-state index < -0.39 is 10.0 Å². The van der Waals surface area contributed by atoms with Gasteiger partial charge in [0.25, 0.3) is 0 Å². The maximum Gasteiger partial charge on any atom is 0.230 e. The number of hydrogen-bond donors (Lipinski definition) is 1. The summed E-state index contributed by atoms with van der Waals surface area (Å²) >= 11 is 1.35. The van der Waals surface area contributed by atoms with Crippen LogP contribution in [0.3, 0.4) is 0 Å². The van der Waals surface area contributed by atoms with Gasteiger partial charge in [-0.15, -0.1) is 11.3 Å². The number of sulfonamides is 1. The van der Waals surface area contributed by atoms with E-state index in [-0.39, 0.29) is 29.9 Å². The van der Waals surface area contributed by atoms with Crippen LogP contribution >= 0.6 is 11.3 Å². The topological polar surface area (TPSA) is 79.4 Å². The van der Waals surface area contributed by atoms with Crippen molar-refractivity contribution in [1.29, 1.82) is 0 Å². The van der Waals surface area contributed by atoms with Gasteiger partial charge in [-0.25, -0.2) is 22.1 Å². The second kappa shape index (κ2) is 8.67. The van der Waals surface area contributed by atoms with Crippen LogP contribution in [0.4, 0.5) is 9.52 Å². The first-order valence-corrected chi connectivity index (χ1v) is 11.7. The number of amides is 1. The van der Waals surface area contributed by atoms with Crippen LogP contribution in [0, 0.1) is 18.7 Å². The van der Waals surface area contributed by atoms with Gasteiger partial charge in [-0.1, -0.05) is 6.92 Å². The van der Waals surface area contributed by atoms with E-state index in [0.29, 0.717) is 36.6 Å². The lowest BCUT2D eigenvalue weighted by Crippen LogP contribution is -2.44. The van der Waals surface area contributed by atoms with Crippen LogP contribution in [0.2, 0.25) is 0 Å². The molecule has 1 N–H and O–H groups in total. The minimum atomic E-state index is -3.31. The summed E-state index contributed by atoms with van der Waals surface area (Å²) in [5.41, 5.74) is 1.49.